The first-order valence-corrected chi connectivity index (χ1v) is 25.8. The normalized spacial score (nSPS) is 20.6. The summed E-state index contributed by atoms with van der Waals surface area (Å²) in [5, 5.41) is 5.15. The highest BCUT2D eigenvalue weighted by atomic mass is 32.1. The van der Waals surface area contributed by atoms with Gasteiger partial charge >= 0.3 is 0 Å². The Kier molecular flexibility index (Phi) is 8.72. The molecule has 10 aromatic carbocycles. The molecular weight excluding hydrogens is 851 g/mol. The van der Waals surface area contributed by atoms with Crippen LogP contribution in [0.4, 0.5) is 17.1 Å². The lowest BCUT2D eigenvalue weighted by Gasteiger charge is -2.44. The van der Waals surface area contributed by atoms with Crippen molar-refractivity contribution in [2.45, 2.75) is 31.1 Å². The molecule has 69 heavy (non-hydrogen) atoms. The van der Waals surface area contributed by atoms with Crippen LogP contribution in [0.5, 0.6) is 0 Å². The molecule has 1 spiro atoms. The number of anilines is 3. The van der Waals surface area contributed by atoms with E-state index in [9.17, 15) is 0 Å². The number of para-hydroxylation sites is 2. The Morgan fingerprint density at radius 2 is 1.03 bits per heavy atom. The maximum atomic E-state index is 2.65. The zero-order valence-electron chi connectivity index (χ0n) is 38.4. The monoisotopic (exact) mass is 899 g/mol. The Labute approximate surface area is 408 Å². The topological polar surface area (TPSA) is 3.24 Å². The van der Waals surface area contributed by atoms with Gasteiger partial charge in [0.1, 0.15) is 0 Å². The Morgan fingerprint density at radius 1 is 0.406 bits per heavy atom. The van der Waals surface area contributed by atoms with E-state index in [-0.39, 0.29) is 5.41 Å². The summed E-state index contributed by atoms with van der Waals surface area (Å²) in [6.07, 6.45) is 5.57. The van der Waals surface area contributed by atoms with E-state index in [1.165, 1.54) is 118 Å². The third kappa shape index (κ3) is 5.76. The van der Waals surface area contributed by atoms with Gasteiger partial charge in [0.15, 0.2) is 0 Å². The van der Waals surface area contributed by atoms with Crippen LogP contribution in [0.2, 0.25) is 0 Å². The van der Waals surface area contributed by atoms with Gasteiger partial charge in [-0.2, -0.15) is 0 Å². The van der Waals surface area contributed by atoms with Crippen LogP contribution >= 0.6 is 11.3 Å². The van der Waals surface area contributed by atoms with Crippen LogP contribution in [0.1, 0.15) is 36.8 Å². The minimum absolute atomic E-state index is 0.110. The van der Waals surface area contributed by atoms with Gasteiger partial charge in [0.2, 0.25) is 0 Å². The van der Waals surface area contributed by atoms with Crippen LogP contribution in [0.15, 0.2) is 224 Å². The first kappa shape index (κ1) is 39.5. The first-order chi connectivity index (χ1) is 34.2. The number of rotatable bonds is 7. The smallest absolute Gasteiger partial charge is 0.0540 e. The Bertz CT molecular complexity index is 3830. The highest BCUT2D eigenvalue weighted by molar-refractivity contribution is 7.26. The number of fused-ring (bicyclic) bond motifs is 7. The van der Waals surface area contributed by atoms with Gasteiger partial charge in [-0.25, -0.2) is 0 Å². The van der Waals surface area contributed by atoms with Gasteiger partial charge in [-0.15, -0.1) is 11.3 Å². The zero-order valence-corrected chi connectivity index (χ0v) is 39.2. The molecule has 0 radical (unpaired) electrons. The van der Waals surface area contributed by atoms with Gasteiger partial charge in [-0.3, -0.25) is 0 Å². The number of hydrogen-bond donors (Lipinski definition) is 0. The molecule has 5 aliphatic rings. The minimum Gasteiger partial charge on any atom is -0.309 e. The van der Waals surface area contributed by atoms with E-state index in [0.717, 1.165) is 35.0 Å². The third-order valence-corrected chi connectivity index (χ3v) is 18.3. The number of hydrogen-bond acceptors (Lipinski definition) is 2. The van der Waals surface area contributed by atoms with Crippen molar-refractivity contribution in [2.24, 2.45) is 23.7 Å². The summed E-state index contributed by atoms with van der Waals surface area (Å²) in [6.45, 7) is 0. The zero-order chi connectivity index (χ0) is 45.2. The number of nitrogens with zero attached hydrogens (tertiary/aromatic N) is 1. The molecule has 0 amide bonds. The minimum atomic E-state index is 0.110. The van der Waals surface area contributed by atoms with Crippen LogP contribution in [0, 0.1) is 23.7 Å². The summed E-state index contributed by atoms with van der Waals surface area (Å²) in [7, 11) is 0. The molecule has 2 heteroatoms. The molecule has 4 fully saturated rings. The molecule has 4 saturated carbocycles. The van der Waals surface area contributed by atoms with Crippen molar-refractivity contribution in [1.82, 2.24) is 0 Å². The lowest BCUT2D eigenvalue weighted by atomic mass is 9.59. The Hall–Kier alpha value is -7.52. The van der Waals surface area contributed by atoms with Crippen molar-refractivity contribution in [3.8, 4) is 55.6 Å². The molecule has 1 aromatic heterocycles. The van der Waals surface area contributed by atoms with Gasteiger partial charge in [0, 0.05) is 42.4 Å². The van der Waals surface area contributed by atoms with E-state index in [1.807, 2.05) is 11.3 Å². The van der Waals surface area contributed by atoms with E-state index in [1.54, 1.807) is 11.1 Å². The maximum Gasteiger partial charge on any atom is 0.0540 e. The molecule has 4 bridgehead atoms. The molecule has 328 valence electrons. The lowest BCUT2D eigenvalue weighted by molar-refractivity contribution is 0.191. The third-order valence-electron chi connectivity index (χ3n) is 17.1. The van der Waals surface area contributed by atoms with Crippen LogP contribution in [0.25, 0.3) is 86.6 Å². The van der Waals surface area contributed by atoms with Crippen LogP contribution in [-0.2, 0) is 5.41 Å². The summed E-state index contributed by atoms with van der Waals surface area (Å²) >= 11 is 1.90. The molecule has 0 saturated heterocycles. The van der Waals surface area contributed by atoms with Gasteiger partial charge in [0.25, 0.3) is 0 Å². The molecule has 16 rings (SSSR count). The second kappa shape index (κ2) is 15.2. The summed E-state index contributed by atoms with van der Waals surface area (Å²) in [6, 6.07) is 84.8. The van der Waals surface area contributed by atoms with Gasteiger partial charge in [0.05, 0.1) is 11.4 Å². The van der Waals surface area contributed by atoms with Gasteiger partial charge in [-0.1, -0.05) is 188 Å². The molecule has 5 atom stereocenters. The molecular formula is C67H49NS. The molecule has 1 heterocycles. The highest BCUT2D eigenvalue weighted by Crippen LogP contribution is 2.73. The van der Waals surface area contributed by atoms with E-state index in [0.29, 0.717) is 0 Å². The average molecular weight is 900 g/mol. The van der Waals surface area contributed by atoms with E-state index in [2.05, 4.69) is 229 Å². The predicted molar refractivity (Wildman–Crippen MR) is 292 cm³/mol. The summed E-state index contributed by atoms with van der Waals surface area (Å²) in [5.41, 5.74) is 19.6. The maximum absolute atomic E-state index is 2.65. The fourth-order valence-corrected chi connectivity index (χ4v) is 15.8. The largest absolute Gasteiger partial charge is 0.309 e. The number of benzene rings is 10. The van der Waals surface area contributed by atoms with Crippen LogP contribution in [-0.4, -0.2) is 0 Å². The van der Waals surface area contributed by atoms with Crippen molar-refractivity contribution < 1.29 is 0 Å². The molecule has 0 N–H and O–H groups in total. The fourth-order valence-electron chi connectivity index (χ4n) is 14.5. The Balaban J connectivity index is 0.938. The van der Waals surface area contributed by atoms with Gasteiger partial charge in [-0.05, 0) is 152 Å². The summed E-state index contributed by atoms with van der Waals surface area (Å²) < 4.78 is 2.67. The molecule has 5 aliphatic carbocycles. The SMILES string of the molecule is c1ccc(-c2cccc3cccc(-c4ccccc4N(c4ccc(-c5cccc6c5sc5ccccc56)cc4)c4ccccc4-c4ccc5c(c4)C4(c6ccccc6-5)C5CC6CC(C5)C4C6)c23)cc1. The fraction of sp³-hybridized carbons (Fsp3) is 0.134. The highest BCUT2D eigenvalue weighted by Gasteiger charge is 2.66. The summed E-state index contributed by atoms with van der Waals surface area (Å²) in [4.78, 5) is 2.55. The van der Waals surface area contributed by atoms with Crippen LogP contribution in [0.3, 0.4) is 0 Å². The second-order valence-corrected chi connectivity index (χ2v) is 21.4. The van der Waals surface area contributed by atoms with E-state index >= 15 is 0 Å². The number of thiophene rings is 1. The van der Waals surface area contributed by atoms with Crippen LogP contribution < -0.4 is 4.90 Å². The summed E-state index contributed by atoms with van der Waals surface area (Å²) in [5.74, 6) is 3.21. The van der Waals surface area contributed by atoms with E-state index < -0.39 is 0 Å². The second-order valence-electron chi connectivity index (χ2n) is 20.3. The Morgan fingerprint density at radius 3 is 1.87 bits per heavy atom. The van der Waals surface area contributed by atoms with Crippen molar-refractivity contribution in [3.63, 3.8) is 0 Å². The first-order valence-electron chi connectivity index (χ1n) is 25.0. The quantitative estimate of drug-likeness (QED) is 0.154. The molecule has 1 nitrogen and oxygen atoms in total. The van der Waals surface area contributed by atoms with Crippen molar-refractivity contribution in [3.05, 3.63) is 236 Å². The van der Waals surface area contributed by atoms with E-state index in [4.69, 9.17) is 0 Å². The standard InChI is InChI=1S/C67H49NS/c1-2-15-43(16-3-1)51-23-12-17-45-18-13-25-57(65(45)51)55-21-6-10-29-63(55)68(49-34-31-44(32-35-49)52-24-14-26-58-56-22-7-11-30-64(56)69-66(52)58)62-28-9-5-19-50(62)46-33-36-54-53-20-4-8-27-59(53)67(61(54)41-46)48-38-42-37-47(40-48)60(67)39-42/h1-36,41-42,47-48,60H,37-40H2. The van der Waals surface area contributed by atoms with Crippen molar-refractivity contribution in [2.75, 3.05) is 4.90 Å². The molecule has 0 aliphatic heterocycles. The van der Waals surface area contributed by atoms with Crippen molar-refractivity contribution in [1.29, 1.82) is 0 Å². The van der Waals surface area contributed by atoms with Crippen molar-refractivity contribution >= 4 is 59.3 Å². The average Bonchev–Trinajstić information content (AvgIpc) is 4.10. The predicted octanol–water partition coefficient (Wildman–Crippen LogP) is 18.7. The molecule has 11 aromatic rings. The molecule has 5 unspecified atom stereocenters. The van der Waals surface area contributed by atoms with Gasteiger partial charge < -0.3 is 4.90 Å². The lowest BCUT2D eigenvalue weighted by Crippen LogP contribution is -2.40.